The van der Waals surface area contributed by atoms with Gasteiger partial charge in [0.15, 0.2) is 17.3 Å². The molecular weight excluding hydrogens is 679 g/mol. The van der Waals surface area contributed by atoms with Gasteiger partial charge < -0.3 is 23.5 Å². The molecule has 4 aromatic carbocycles. The Morgan fingerprint density at radius 2 is 1.67 bits per heavy atom. The third-order valence-corrected chi connectivity index (χ3v) is 11.5. The van der Waals surface area contributed by atoms with Crippen LogP contribution in [0.3, 0.4) is 0 Å². The second-order valence-electron chi connectivity index (χ2n) is 15.7. The number of methoxy groups -OCH3 is 1. The highest BCUT2D eigenvalue weighted by Gasteiger charge is 2.40. The van der Waals surface area contributed by atoms with E-state index in [1.54, 1.807) is 26.2 Å². The van der Waals surface area contributed by atoms with Crippen molar-refractivity contribution in [2.24, 2.45) is 27.7 Å². The fourth-order valence-corrected chi connectivity index (χ4v) is 7.34. The van der Waals surface area contributed by atoms with Crippen LogP contribution < -0.4 is 14.2 Å². The smallest absolute Gasteiger partial charge is 0.338 e. The van der Waals surface area contributed by atoms with E-state index in [2.05, 4.69) is 32.3 Å². The Hall–Kier alpha value is -5.44. The number of carbonyl (C=O) groups is 2. The first-order valence-corrected chi connectivity index (χ1v) is 18.9. The SMILES string of the molecule is CCOC(=O)c1ccc2nc(-c3ccc(OCc4ccccc4)cc3)n(CC(C)(C)C(C)(C)COc3cc4c(cc3OC)C(=O)C3CCCC3C=N4)c2c1. The molecule has 5 aromatic rings. The number of aliphatic imine (C=N–C) groups is 1. The zero-order valence-electron chi connectivity index (χ0n) is 32.1. The summed E-state index contributed by atoms with van der Waals surface area (Å²) in [5.74, 6) is 2.56. The number of carbonyl (C=O) groups excluding carboxylic acids is 2. The lowest BCUT2D eigenvalue weighted by Crippen LogP contribution is -2.41. The van der Waals surface area contributed by atoms with E-state index in [-0.39, 0.29) is 34.4 Å². The molecule has 9 heteroatoms. The van der Waals surface area contributed by atoms with Crippen LogP contribution in [0.25, 0.3) is 22.4 Å². The number of imidazole rings is 1. The van der Waals surface area contributed by atoms with Crippen LogP contribution in [0.5, 0.6) is 17.2 Å². The predicted octanol–water partition coefficient (Wildman–Crippen LogP) is 9.91. The number of ether oxygens (including phenoxy) is 4. The van der Waals surface area contributed by atoms with Gasteiger partial charge in [-0.25, -0.2) is 9.78 Å². The lowest BCUT2D eigenvalue weighted by atomic mass is 9.68. The number of rotatable bonds is 13. The van der Waals surface area contributed by atoms with Crippen molar-refractivity contribution in [1.82, 2.24) is 9.55 Å². The van der Waals surface area contributed by atoms with Crippen molar-refractivity contribution in [3.05, 3.63) is 102 Å². The summed E-state index contributed by atoms with van der Waals surface area (Å²) in [6.45, 7) is 12.3. The van der Waals surface area contributed by atoms with Crippen LogP contribution in [0, 0.1) is 22.7 Å². The van der Waals surface area contributed by atoms with Crippen LogP contribution in [0.2, 0.25) is 0 Å². The molecule has 7 rings (SSSR count). The van der Waals surface area contributed by atoms with Crippen LogP contribution >= 0.6 is 0 Å². The molecule has 54 heavy (non-hydrogen) atoms. The molecule has 0 radical (unpaired) electrons. The van der Waals surface area contributed by atoms with E-state index in [9.17, 15) is 9.59 Å². The third-order valence-electron chi connectivity index (χ3n) is 11.5. The molecule has 0 amide bonds. The second kappa shape index (κ2) is 15.1. The number of hydrogen-bond acceptors (Lipinski definition) is 8. The first kappa shape index (κ1) is 36.9. The number of hydrogen-bond donors (Lipinski definition) is 0. The minimum atomic E-state index is -0.386. The van der Waals surface area contributed by atoms with Crippen LogP contribution in [-0.4, -0.2) is 47.8 Å². The van der Waals surface area contributed by atoms with Crippen molar-refractivity contribution in [2.45, 2.75) is 67.0 Å². The molecule has 2 aliphatic rings. The lowest BCUT2D eigenvalue weighted by Gasteiger charge is -2.42. The van der Waals surface area contributed by atoms with E-state index in [1.165, 1.54) is 0 Å². The van der Waals surface area contributed by atoms with Crippen molar-refractivity contribution in [2.75, 3.05) is 20.3 Å². The Balaban J connectivity index is 1.17. The normalized spacial score (nSPS) is 16.8. The summed E-state index contributed by atoms with van der Waals surface area (Å²) in [7, 11) is 1.60. The Bertz CT molecular complexity index is 2180. The average molecular weight is 728 g/mol. The zero-order valence-corrected chi connectivity index (χ0v) is 32.1. The topological polar surface area (TPSA) is 101 Å². The summed E-state index contributed by atoms with van der Waals surface area (Å²) < 4.78 is 26.0. The molecule has 1 fully saturated rings. The van der Waals surface area contributed by atoms with Gasteiger partial charge in [-0.05, 0) is 79.3 Å². The number of fused-ring (bicyclic) bond motifs is 3. The van der Waals surface area contributed by atoms with Gasteiger partial charge in [-0.1, -0.05) is 64.4 Å². The first-order valence-electron chi connectivity index (χ1n) is 18.9. The molecule has 1 aliphatic heterocycles. The fourth-order valence-electron chi connectivity index (χ4n) is 7.34. The average Bonchev–Trinajstić information content (AvgIpc) is 3.77. The summed E-state index contributed by atoms with van der Waals surface area (Å²) in [5, 5.41) is 0. The van der Waals surface area contributed by atoms with Crippen LogP contribution in [-0.2, 0) is 17.9 Å². The zero-order chi connectivity index (χ0) is 38.0. The predicted molar refractivity (Wildman–Crippen MR) is 211 cm³/mol. The molecule has 1 aromatic heterocycles. The second-order valence-corrected chi connectivity index (χ2v) is 15.7. The highest BCUT2D eigenvalue weighted by molar-refractivity contribution is 6.06. The Labute approximate surface area is 317 Å². The Kier molecular flexibility index (Phi) is 10.3. The Morgan fingerprint density at radius 3 is 2.41 bits per heavy atom. The molecule has 280 valence electrons. The molecule has 0 spiro atoms. The largest absolute Gasteiger partial charge is 0.493 e. The van der Waals surface area contributed by atoms with Gasteiger partial charge >= 0.3 is 5.97 Å². The molecule has 0 saturated heterocycles. The molecule has 2 heterocycles. The number of ketones is 1. The first-order chi connectivity index (χ1) is 26.0. The van der Waals surface area contributed by atoms with Crippen molar-refractivity contribution < 1.29 is 28.5 Å². The third kappa shape index (κ3) is 7.36. The summed E-state index contributed by atoms with van der Waals surface area (Å²) in [6, 6.07) is 27.2. The number of benzene rings is 4. The molecule has 1 saturated carbocycles. The molecular formula is C45H49N3O6. The van der Waals surface area contributed by atoms with Gasteiger partial charge in [0.05, 0.1) is 42.6 Å². The number of Topliss-reactive ketones (excluding diaryl/α,β-unsaturated/α-hetero) is 1. The van der Waals surface area contributed by atoms with Gasteiger partial charge in [-0.3, -0.25) is 9.79 Å². The maximum atomic E-state index is 13.5. The van der Waals surface area contributed by atoms with Crippen LogP contribution in [0.1, 0.15) is 80.2 Å². The van der Waals surface area contributed by atoms with E-state index in [0.717, 1.165) is 53.0 Å². The van der Waals surface area contributed by atoms with Gasteiger partial charge in [0.25, 0.3) is 0 Å². The van der Waals surface area contributed by atoms with E-state index in [1.807, 2.05) is 79.0 Å². The molecule has 0 N–H and O–H groups in total. The van der Waals surface area contributed by atoms with Crippen LogP contribution in [0.15, 0.2) is 89.9 Å². The maximum Gasteiger partial charge on any atom is 0.338 e. The summed E-state index contributed by atoms with van der Waals surface area (Å²) in [4.78, 5) is 36.2. The highest BCUT2D eigenvalue weighted by Crippen LogP contribution is 2.45. The summed E-state index contributed by atoms with van der Waals surface area (Å²) in [5.41, 5.74) is 4.59. The highest BCUT2D eigenvalue weighted by atomic mass is 16.5. The minimum Gasteiger partial charge on any atom is -0.493 e. The van der Waals surface area contributed by atoms with Gasteiger partial charge in [0.2, 0.25) is 0 Å². The lowest BCUT2D eigenvalue weighted by molar-refractivity contribution is 0.0345. The molecule has 1 aliphatic carbocycles. The monoisotopic (exact) mass is 727 g/mol. The number of esters is 1. The van der Waals surface area contributed by atoms with E-state index in [4.69, 9.17) is 28.9 Å². The van der Waals surface area contributed by atoms with Gasteiger partial charge in [-0.2, -0.15) is 0 Å². The van der Waals surface area contributed by atoms with Crippen molar-refractivity contribution in [3.8, 4) is 28.6 Å². The molecule has 9 nitrogen and oxygen atoms in total. The van der Waals surface area contributed by atoms with Crippen LogP contribution in [0.4, 0.5) is 5.69 Å². The van der Waals surface area contributed by atoms with Crippen molar-refractivity contribution in [3.63, 3.8) is 0 Å². The molecule has 0 bridgehead atoms. The van der Waals surface area contributed by atoms with Gasteiger partial charge in [0, 0.05) is 47.2 Å². The van der Waals surface area contributed by atoms with Crippen molar-refractivity contribution in [1.29, 1.82) is 0 Å². The standard InChI is InChI=1S/C45H49N3O6/c1-7-52-43(50)31-18-21-36-38(22-31)48(42(47-36)30-16-19-33(20-17-30)53-26-29-12-9-8-10-13-29)27-44(2,3)45(4,5)28-54-40-24-37-35(23-39(40)51-6)41(49)34-15-11-14-32(34)25-46-37/h8-10,12-13,16-25,32,34H,7,11,14-15,26-28H2,1-6H3. The van der Waals surface area contributed by atoms with E-state index in [0.29, 0.717) is 54.7 Å². The Morgan fingerprint density at radius 1 is 0.889 bits per heavy atom. The fraction of sp³-hybridized carbons (Fsp3) is 0.378. The summed E-state index contributed by atoms with van der Waals surface area (Å²) >= 11 is 0. The molecule has 2 unspecified atom stereocenters. The number of nitrogens with zero attached hydrogens (tertiary/aromatic N) is 3. The van der Waals surface area contributed by atoms with Gasteiger partial charge in [0.1, 0.15) is 18.2 Å². The maximum absolute atomic E-state index is 13.5. The van der Waals surface area contributed by atoms with E-state index >= 15 is 0 Å². The number of aromatic nitrogens is 2. The summed E-state index contributed by atoms with van der Waals surface area (Å²) in [6.07, 6.45) is 4.89. The minimum absolute atomic E-state index is 0.0189. The quantitative estimate of drug-likeness (QED) is 0.111. The van der Waals surface area contributed by atoms with Gasteiger partial charge in [-0.15, -0.1) is 0 Å². The van der Waals surface area contributed by atoms with E-state index < -0.39 is 0 Å². The molecule has 2 atom stereocenters. The van der Waals surface area contributed by atoms with Crippen molar-refractivity contribution >= 4 is 34.7 Å².